The van der Waals surface area contributed by atoms with Gasteiger partial charge in [0.2, 0.25) is 0 Å². The van der Waals surface area contributed by atoms with Gasteiger partial charge in [-0.05, 0) is 24.1 Å². The van der Waals surface area contributed by atoms with E-state index in [0.29, 0.717) is 12.2 Å². The van der Waals surface area contributed by atoms with Crippen LogP contribution in [0.15, 0.2) is 24.3 Å². The lowest BCUT2D eigenvalue weighted by Gasteiger charge is -2.32. The van der Waals surface area contributed by atoms with Gasteiger partial charge in [-0.2, -0.15) is 0 Å². The fourth-order valence-electron chi connectivity index (χ4n) is 2.41. The van der Waals surface area contributed by atoms with E-state index < -0.39 is 0 Å². The number of hydrogen-bond acceptors (Lipinski definition) is 2. The predicted octanol–water partition coefficient (Wildman–Crippen LogP) is 3.05. The molecule has 0 spiro atoms. The number of carbonyl (C=O) groups is 1. The van der Waals surface area contributed by atoms with Crippen molar-refractivity contribution in [1.82, 2.24) is 0 Å². The Morgan fingerprint density at radius 2 is 2.00 bits per heavy atom. The third-order valence-electron chi connectivity index (χ3n) is 3.51. The van der Waals surface area contributed by atoms with Crippen LogP contribution in [0.25, 0.3) is 0 Å². The van der Waals surface area contributed by atoms with Crippen molar-refractivity contribution in [2.45, 2.75) is 33.1 Å². The Balaban J connectivity index is 2.04. The van der Waals surface area contributed by atoms with Crippen molar-refractivity contribution in [2.75, 3.05) is 18.0 Å². The van der Waals surface area contributed by atoms with E-state index in [1.165, 1.54) is 17.7 Å². The number of aryl methyl sites for hydroxylation is 1. The molecule has 0 amide bonds. The number of rotatable bonds is 3. The first-order valence-electron chi connectivity index (χ1n) is 6.57. The van der Waals surface area contributed by atoms with Crippen LogP contribution < -0.4 is 4.90 Å². The highest BCUT2D eigenvalue weighted by Crippen LogP contribution is 2.21. The number of piperidine rings is 1. The molecule has 1 unspecified atom stereocenters. The molecule has 0 aliphatic carbocycles. The van der Waals surface area contributed by atoms with Gasteiger partial charge in [-0.15, -0.1) is 0 Å². The molecule has 1 atom stereocenters. The van der Waals surface area contributed by atoms with Crippen molar-refractivity contribution in [2.24, 2.45) is 5.92 Å². The van der Waals surface area contributed by atoms with Crippen LogP contribution in [0.1, 0.15) is 32.3 Å². The predicted molar refractivity (Wildman–Crippen MR) is 71.4 cm³/mol. The highest BCUT2D eigenvalue weighted by molar-refractivity contribution is 5.83. The Morgan fingerprint density at radius 1 is 1.29 bits per heavy atom. The minimum Gasteiger partial charge on any atom is -0.370 e. The highest BCUT2D eigenvalue weighted by atomic mass is 16.1. The molecule has 0 radical (unpaired) electrons. The molecule has 0 aromatic heterocycles. The van der Waals surface area contributed by atoms with Crippen LogP contribution in [-0.4, -0.2) is 18.9 Å². The largest absolute Gasteiger partial charge is 0.370 e. The molecular weight excluding hydrogens is 210 g/mol. The lowest BCUT2D eigenvalue weighted by Crippen LogP contribution is -2.39. The molecule has 2 nitrogen and oxygen atoms in total. The van der Waals surface area contributed by atoms with E-state index in [2.05, 4.69) is 36.1 Å². The lowest BCUT2D eigenvalue weighted by molar-refractivity contribution is -0.122. The van der Waals surface area contributed by atoms with Crippen molar-refractivity contribution in [3.05, 3.63) is 29.8 Å². The van der Waals surface area contributed by atoms with E-state index in [4.69, 9.17) is 0 Å². The maximum atomic E-state index is 11.5. The number of hydrogen-bond donors (Lipinski definition) is 0. The van der Waals surface area contributed by atoms with Crippen molar-refractivity contribution in [3.8, 4) is 0 Å². The maximum Gasteiger partial charge on any atom is 0.139 e. The number of ketones is 1. The zero-order valence-corrected chi connectivity index (χ0v) is 10.8. The van der Waals surface area contributed by atoms with Crippen LogP contribution in [0.3, 0.4) is 0 Å². The molecule has 1 aliphatic heterocycles. The highest BCUT2D eigenvalue weighted by Gasteiger charge is 2.23. The molecule has 1 aromatic carbocycles. The molecule has 92 valence electrons. The number of anilines is 1. The molecule has 2 rings (SSSR count). The maximum absolute atomic E-state index is 11.5. The van der Waals surface area contributed by atoms with Gasteiger partial charge in [0, 0.05) is 31.1 Å². The fourth-order valence-corrected chi connectivity index (χ4v) is 2.41. The molecule has 1 heterocycles. The van der Waals surface area contributed by atoms with Gasteiger partial charge in [0.25, 0.3) is 0 Å². The average Bonchev–Trinajstić information content (AvgIpc) is 2.34. The first-order chi connectivity index (χ1) is 8.20. The molecule has 2 heteroatoms. The third kappa shape index (κ3) is 2.87. The first-order valence-corrected chi connectivity index (χ1v) is 6.57. The zero-order valence-electron chi connectivity index (χ0n) is 10.8. The Morgan fingerprint density at radius 3 is 2.59 bits per heavy atom. The van der Waals surface area contributed by atoms with E-state index in [1.807, 2.05) is 6.92 Å². The molecule has 1 aromatic rings. The van der Waals surface area contributed by atoms with Gasteiger partial charge in [0.05, 0.1) is 0 Å². The van der Waals surface area contributed by atoms with Gasteiger partial charge in [-0.25, -0.2) is 0 Å². The van der Waals surface area contributed by atoms with Gasteiger partial charge in [0.1, 0.15) is 5.78 Å². The Kier molecular flexibility index (Phi) is 3.82. The lowest BCUT2D eigenvalue weighted by atomic mass is 9.98. The van der Waals surface area contributed by atoms with Gasteiger partial charge >= 0.3 is 0 Å². The molecule has 1 aliphatic rings. The zero-order chi connectivity index (χ0) is 12.3. The number of benzene rings is 1. The van der Waals surface area contributed by atoms with E-state index in [0.717, 1.165) is 19.5 Å². The van der Waals surface area contributed by atoms with Gasteiger partial charge in [-0.3, -0.25) is 4.79 Å². The summed E-state index contributed by atoms with van der Waals surface area (Å²) in [6, 6.07) is 8.79. The summed E-state index contributed by atoms with van der Waals surface area (Å²) < 4.78 is 0. The molecule has 0 saturated carbocycles. The van der Waals surface area contributed by atoms with Crippen LogP contribution in [-0.2, 0) is 11.2 Å². The van der Waals surface area contributed by atoms with Crippen molar-refractivity contribution in [3.63, 3.8) is 0 Å². The second-order valence-corrected chi connectivity index (χ2v) is 4.98. The topological polar surface area (TPSA) is 20.3 Å². The molecule has 0 bridgehead atoms. The van der Waals surface area contributed by atoms with Gasteiger partial charge in [0.15, 0.2) is 0 Å². The number of nitrogens with zero attached hydrogens (tertiary/aromatic N) is 1. The second kappa shape index (κ2) is 5.35. The Labute approximate surface area is 104 Å². The summed E-state index contributed by atoms with van der Waals surface area (Å²) in [6.07, 6.45) is 3.03. The van der Waals surface area contributed by atoms with Crippen LogP contribution in [0, 0.1) is 5.92 Å². The molecule has 17 heavy (non-hydrogen) atoms. The minimum absolute atomic E-state index is 0.180. The van der Waals surface area contributed by atoms with E-state index in [9.17, 15) is 4.79 Å². The molecule has 0 N–H and O–H groups in total. The summed E-state index contributed by atoms with van der Waals surface area (Å²) in [5.74, 6) is 0.586. The molecule has 1 saturated heterocycles. The van der Waals surface area contributed by atoms with Crippen LogP contribution in [0.4, 0.5) is 5.69 Å². The second-order valence-electron chi connectivity index (χ2n) is 4.98. The van der Waals surface area contributed by atoms with Crippen LogP contribution in [0.2, 0.25) is 0 Å². The monoisotopic (exact) mass is 231 g/mol. The fraction of sp³-hybridized carbons (Fsp3) is 0.533. The van der Waals surface area contributed by atoms with E-state index >= 15 is 0 Å². The summed E-state index contributed by atoms with van der Waals surface area (Å²) in [7, 11) is 0. The summed E-state index contributed by atoms with van der Waals surface area (Å²) in [6.45, 7) is 5.97. The number of Topliss-reactive ketones (excluding diaryl/α,β-unsaturated/α-hetero) is 1. The average molecular weight is 231 g/mol. The molecule has 1 fully saturated rings. The summed E-state index contributed by atoms with van der Waals surface area (Å²) in [5, 5.41) is 0. The summed E-state index contributed by atoms with van der Waals surface area (Å²) in [5.41, 5.74) is 2.65. The van der Waals surface area contributed by atoms with Crippen LogP contribution >= 0.6 is 0 Å². The smallest absolute Gasteiger partial charge is 0.139 e. The Bertz CT molecular complexity index is 382. The normalized spacial score (nSPS) is 20.7. The van der Waals surface area contributed by atoms with E-state index in [1.54, 1.807) is 0 Å². The van der Waals surface area contributed by atoms with Crippen molar-refractivity contribution in [1.29, 1.82) is 0 Å². The van der Waals surface area contributed by atoms with Crippen molar-refractivity contribution >= 4 is 11.5 Å². The quantitative estimate of drug-likeness (QED) is 0.797. The third-order valence-corrected chi connectivity index (χ3v) is 3.51. The Hall–Kier alpha value is -1.31. The number of carbonyl (C=O) groups excluding carboxylic acids is 1. The van der Waals surface area contributed by atoms with Crippen molar-refractivity contribution < 1.29 is 4.79 Å². The standard InChI is InChI=1S/C15H21NO/c1-3-4-13-5-7-14(8-6-13)16-10-9-15(17)12(2)11-16/h5-8,12H,3-4,9-11H2,1-2H3. The van der Waals surface area contributed by atoms with E-state index in [-0.39, 0.29) is 5.92 Å². The molecular formula is C15H21NO. The SMILES string of the molecule is CCCc1ccc(N2CCC(=O)C(C)C2)cc1. The van der Waals surface area contributed by atoms with Crippen LogP contribution in [0.5, 0.6) is 0 Å². The minimum atomic E-state index is 0.180. The summed E-state index contributed by atoms with van der Waals surface area (Å²) in [4.78, 5) is 13.8. The van der Waals surface area contributed by atoms with Gasteiger partial charge < -0.3 is 4.90 Å². The van der Waals surface area contributed by atoms with Gasteiger partial charge in [-0.1, -0.05) is 32.4 Å². The first kappa shape index (κ1) is 12.2. The summed E-state index contributed by atoms with van der Waals surface area (Å²) >= 11 is 0.